The van der Waals surface area contributed by atoms with Gasteiger partial charge in [0.1, 0.15) is 11.2 Å². The standard InChI is InChI=1S/C18H21NO3/c20-17(21)18(15-6-2-1-3-7-15)10-12-19(14-18)11-4-8-16-9-5-13-22-16/h1-3,5-7,9,13H,4,8,10-12,14H2,(H,20,21)/t18-/m0/s1. The molecule has 0 aliphatic carbocycles. The summed E-state index contributed by atoms with van der Waals surface area (Å²) in [6.45, 7) is 2.33. The molecular formula is C18H21NO3. The normalized spacial score (nSPS) is 22.0. The first kappa shape index (κ1) is 14.9. The smallest absolute Gasteiger partial charge is 0.315 e. The highest BCUT2D eigenvalue weighted by molar-refractivity contribution is 5.82. The first-order chi connectivity index (χ1) is 10.7. The zero-order valence-electron chi connectivity index (χ0n) is 12.6. The van der Waals surface area contributed by atoms with Gasteiger partial charge < -0.3 is 14.4 Å². The number of carboxylic acids is 1. The molecule has 4 nitrogen and oxygen atoms in total. The van der Waals surface area contributed by atoms with Gasteiger partial charge in [0.25, 0.3) is 0 Å². The Balaban J connectivity index is 1.62. The molecule has 116 valence electrons. The molecule has 2 heterocycles. The highest BCUT2D eigenvalue weighted by atomic mass is 16.4. The highest BCUT2D eigenvalue weighted by Crippen LogP contribution is 2.35. The van der Waals surface area contributed by atoms with E-state index in [1.807, 2.05) is 42.5 Å². The predicted octanol–water partition coefficient (Wildman–Crippen LogP) is 2.94. The second kappa shape index (κ2) is 6.36. The molecule has 0 unspecified atom stereocenters. The monoisotopic (exact) mass is 299 g/mol. The molecule has 1 aromatic heterocycles. The van der Waals surface area contributed by atoms with Crippen LogP contribution < -0.4 is 0 Å². The van der Waals surface area contributed by atoms with E-state index >= 15 is 0 Å². The average Bonchev–Trinajstić information content (AvgIpc) is 3.18. The van der Waals surface area contributed by atoms with Gasteiger partial charge in [0.05, 0.1) is 6.26 Å². The van der Waals surface area contributed by atoms with Crippen LogP contribution in [0.5, 0.6) is 0 Å². The van der Waals surface area contributed by atoms with Crippen LogP contribution >= 0.6 is 0 Å². The first-order valence-corrected chi connectivity index (χ1v) is 7.74. The molecule has 1 atom stereocenters. The van der Waals surface area contributed by atoms with Crippen LogP contribution in [0, 0.1) is 0 Å². The van der Waals surface area contributed by atoms with Gasteiger partial charge in [-0.05, 0) is 43.6 Å². The van der Waals surface area contributed by atoms with Crippen molar-refractivity contribution in [2.75, 3.05) is 19.6 Å². The van der Waals surface area contributed by atoms with E-state index in [9.17, 15) is 9.90 Å². The molecule has 0 bridgehead atoms. The Hall–Kier alpha value is -2.07. The van der Waals surface area contributed by atoms with E-state index in [1.54, 1.807) is 6.26 Å². The van der Waals surface area contributed by atoms with E-state index in [1.165, 1.54) is 0 Å². The maximum atomic E-state index is 11.9. The van der Waals surface area contributed by atoms with Gasteiger partial charge in [0, 0.05) is 13.0 Å². The minimum atomic E-state index is -0.758. The van der Waals surface area contributed by atoms with Crippen molar-refractivity contribution in [3.8, 4) is 0 Å². The average molecular weight is 299 g/mol. The molecule has 1 aliphatic heterocycles. The van der Waals surface area contributed by atoms with Gasteiger partial charge in [0.15, 0.2) is 0 Å². The number of hydrogen-bond donors (Lipinski definition) is 1. The van der Waals surface area contributed by atoms with Crippen LogP contribution in [-0.4, -0.2) is 35.6 Å². The van der Waals surface area contributed by atoms with E-state index in [0.29, 0.717) is 13.0 Å². The number of furan rings is 1. The van der Waals surface area contributed by atoms with Gasteiger partial charge in [-0.3, -0.25) is 4.79 Å². The van der Waals surface area contributed by atoms with Crippen molar-refractivity contribution < 1.29 is 14.3 Å². The Labute approximate surface area is 130 Å². The zero-order valence-corrected chi connectivity index (χ0v) is 12.6. The van der Waals surface area contributed by atoms with Crippen LogP contribution in [0.25, 0.3) is 0 Å². The van der Waals surface area contributed by atoms with Gasteiger partial charge in [-0.2, -0.15) is 0 Å². The van der Waals surface area contributed by atoms with E-state index < -0.39 is 11.4 Å². The number of likely N-dealkylation sites (tertiary alicyclic amines) is 1. The topological polar surface area (TPSA) is 53.7 Å². The first-order valence-electron chi connectivity index (χ1n) is 7.74. The fourth-order valence-corrected chi connectivity index (χ4v) is 3.30. The third kappa shape index (κ3) is 2.92. The molecule has 1 saturated heterocycles. The number of carbonyl (C=O) groups is 1. The molecule has 1 fully saturated rings. The molecule has 0 amide bonds. The van der Waals surface area contributed by atoms with Crippen LogP contribution in [0.15, 0.2) is 53.1 Å². The van der Waals surface area contributed by atoms with Crippen molar-refractivity contribution in [3.05, 3.63) is 60.1 Å². The summed E-state index contributed by atoms with van der Waals surface area (Å²) in [4.78, 5) is 14.1. The Kier molecular flexibility index (Phi) is 4.29. The van der Waals surface area contributed by atoms with Gasteiger partial charge >= 0.3 is 5.97 Å². The van der Waals surface area contributed by atoms with E-state index in [2.05, 4.69) is 4.90 Å². The summed E-state index contributed by atoms with van der Waals surface area (Å²) in [5.41, 5.74) is 0.155. The van der Waals surface area contributed by atoms with Gasteiger partial charge in [0.2, 0.25) is 0 Å². The summed E-state index contributed by atoms with van der Waals surface area (Å²) in [6.07, 6.45) is 4.25. The number of rotatable bonds is 6. The van der Waals surface area contributed by atoms with E-state index in [4.69, 9.17) is 4.42 Å². The lowest BCUT2D eigenvalue weighted by molar-refractivity contribution is -0.143. The Bertz CT molecular complexity index is 609. The summed E-state index contributed by atoms with van der Waals surface area (Å²) in [5.74, 6) is 0.277. The number of benzene rings is 1. The molecule has 1 aliphatic rings. The number of aliphatic carboxylic acids is 1. The van der Waals surface area contributed by atoms with Crippen LogP contribution in [0.1, 0.15) is 24.2 Å². The van der Waals surface area contributed by atoms with Crippen molar-refractivity contribution in [1.29, 1.82) is 0 Å². The van der Waals surface area contributed by atoms with Gasteiger partial charge in [-0.1, -0.05) is 30.3 Å². The molecule has 0 saturated carbocycles. The lowest BCUT2D eigenvalue weighted by Crippen LogP contribution is -2.39. The maximum Gasteiger partial charge on any atom is 0.315 e. The minimum absolute atomic E-state index is 0.588. The summed E-state index contributed by atoms with van der Waals surface area (Å²) in [6, 6.07) is 13.5. The number of hydrogen-bond acceptors (Lipinski definition) is 3. The van der Waals surface area contributed by atoms with Crippen molar-refractivity contribution in [1.82, 2.24) is 4.90 Å². The second-order valence-corrected chi connectivity index (χ2v) is 5.96. The SMILES string of the molecule is O=C(O)[C@@]1(c2ccccc2)CCN(CCCc2ccco2)C1. The molecule has 22 heavy (non-hydrogen) atoms. The van der Waals surface area contributed by atoms with Crippen molar-refractivity contribution in [3.63, 3.8) is 0 Å². The third-order valence-electron chi connectivity index (χ3n) is 4.56. The highest BCUT2D eigenvalue weighted by Gasteiger charge is 2.45. The Morgan fingerprint density at radius 3 is 2.73 bits per heavy atom. The summed E-state index contributed by atoms with van der Waals surface area (Å²) in [5, 5.41) is 9.77. The zero-order chi connectivity index (χ0) is 15.4. The molecule has 1 aromatic carbocycles. The quantitative estimate of drug-likeness (QED) is 0.891. The van der Waals surface area contributed by atoms with Crippen molar-refractivity contribution in [2.24, 2.45) is 0 Å². The molecule has 0 radical (unpaired) electrons. The molecular weight excluding hydrogens is 278 g/mol. The summed E-state index contributed by atoms with van der Waals surface area (Å²) < 4.78 is 5.33. The molecule has 1 N–H and O–H groups in total. The minimum Gasteiger partial charge on any atom is -0.481 e. The largest absolute Gasteiger partial charge is 0.481 e. The van der Waals surface area contributed by atoms with Crippen LogP contribution in [0.2, 0.25) is 0 Å². The second-order valence-electron chi connectivity index (χ2n) is 5.96. The fraction of sp³-hybridized carbons (Fsp3) is 0.389. The lowest BCUT2D eigenvalue weighted by Gasteiger charge is -2.25. The van der Waals surface area contributed by atoms with Crippen molar-refractivity contribution >= 4 is 5.97 Å². The molecule has 0 spiro atoms. The fourth-order valence-electron chi connectivity index (χ4n) is 3.30. The summed E-state index contributed by atoms with van der Waals surface area (Å²) in [7, 11) is 0. The summed E-state index contributed by atoms with van der Waals surface area (Å²) >= 11 is 0. The van der Waals surface area contributed by atoms with Gasteiger partial charge in [-0.25, -0.2) is 0 Å². The molecule has 3 rings (SSSR count). The van der Waals surface area contributed by atoms with Crippen LogP contribution in [-0.2, 0) is 16.6 Å². The van der Waals surface area contributed by atoms with E-state index in [0.717, 1.165) is 37.3 Å². The lowest BCUT2D eigenvalue weighted by atomic mass is 9.80. The van der Waals surface area contributed by atoms with Crippen LogP contribution in [0.3, 0.4) is 0 Å². The third-order valence-corrected chi connectivity index (χ3v) is 4.56. The Morgan fingerprint density at radius 2 is 2.05 bits per heavy atom. The Morgan fingerprint density at radius 1 is 1.23 bits per heavy atom. The maximum absolute atomic E-state index is 11.9. The molecule has 4 heteroatoms. The molecule has 2 aromatic rings. The van der Waals surface area contributed by atoms with Crippen molar-refractivity contribution in [2.45, 2.75) is 24.7 Å². The number of aryl methyl sites for hydroxylation is 1. The van der Waals surface area contributed by atoms with E-state index in [-0.39, 0.29) is 0 Å². The number of nitrogens with zero attached hydrogens (tertiary/aromatic N) is 1. The number of carboxylic acid groups (broad SMARTS) is 1. The van der Waals surface area contributed by atoms with Gasteiger partial charge in [-0.15, -0.1) is 0 Å². The van der Waals surface area contributed by atoms with Crippen LogP contribution in [0.4, 0.5) is 0 Å². The predicted molar refractivity (Wildman–Crippen MR) is 83.8 cm³/mol.